The number of allylic oxidation sites excluding steroid dienone is 3. The maximum Gasteiger partial charge on any atom is 0.255 e. The van der Waals surface area contributed by atoms with Crippen molar-refractivity contribution in [3.8, 4) is 0 Å². The maximum absolute atomic E-state index is 13.3. The van der Waals surface area contributed by atoms with Crippen LogP contribution in [0.3, 0.4) is 0 Å². The fourth-order valence-electron chi connectivity index (χ4n) is 4.96. The normalized spacial score (nSPS) is 22.0. The number of hydrogen-bond donors (Lipinski definition) is 1. The van der Waals surface area contributed by atoms with Crippen molar-refractivity contribution in [2.75, 3.05) is 13.1 Å². The number of benzene rings is 2. The van der Waals surface area contributed by atoms with Crippen LogP contribution in [0, 0.1) is 11.3 Å². The smallest absolute Gasteiger partial charge is 0.255 e. The molecule has 1 amide bonds. The third-order valence-corrected chi connectivity index (χ3v) is 7.64. The van der Waals surface area contributed by atoms with Crippen LogP contribution in [0.5, 0.6) is 0 Å². The molecule has 0 radical (unpaired) electrons. The summed E-state index contributed by atoms with van der Waals surface area (Å²) in [6.07, 6.45) is 10.6. The molecule has 3 aromatic rings. The Morgan fingerprint density at radius 3 is 2.89 bits per heavy atom. The number of amides is 1. The van der Waals surface area contributed by atoms with E-state index in [0.29, 0.717) is 5.92 Å². The molecule has 36 heavy (non-hydrogen) atoms. The first-order valence-corrected chi connectivity index (χ1v) is 12.8. The lowest BCUT2D eigenvalue weighted by molar-refractivity contribution is 0.0965. The molecular formula is C31H34N4O. The fraction of sp³-hybridized carbons (Fsp3) is 0.323. The van der Waals surface area contributed by atoms with Crippen LogP contribution in [-0.2, 0) is 19.5 Å². The summed E-state index contributed by atoms with van der Waals surface area (Å²) < 4.78 is 0. The van der Waals surface area contributed by atoms with E-state index in [1.165, 1.54) is 16.5 Å². The molecule has 5 nitrogen and oxygen atoms in total. The van der Waals surface area contributed by atoms with Crippen molar-refractivity contribution in [1.82, 2.24) is 15.2 Å². The van der Waals surface area contributed by atoms with Crippen molar-refractivity contribution in [2.45, 2.75) is 40.3 Å². The van der Waals surface area contributed by atoms with Gasteiger partial charge in [0.2, 0.25) is 0 Å². The largest absolute Gasteiger partial charge is 0.322 e. The van der Waals surface area contributed by atoms with E-state index < -0.39 is 0 Å². The van der Waals surface area contributed by atoms with Crippen LogP contribution in [0.2, 0.25) is 0 Å². The Bertz CT molecular complexity index is 1360. The highest BCUT2D eigenvalue weighted by Crippen LogP contribution is 2.29. The lowest BCUT2D eigenvalue weighted by Crippen LogP contribution is -2.32. The molecule has 0 fully saturated rings. The number of nitrogens with one attached hydrogen (secondary N) is 1. The monoisotopic (exact) mass is 478 g/mol. The Morgan fingerprint density at radius 1 is 1.14 bits per heavy atom. The first kappa shape index (κ1) is 24.1. The van der Waals surface area contributed by atoms with Gasteiger partial charge in [-0.3, -0.25) is 19.7 Å². The van der Waals surface area contributed by atoms with Crippen LogP contribution in [0.1, 0.15) is 47.8 Å². The van der Waals surface area contributed by atoms with Crippen LogP contribution in [0.15, 0.2) is 83.6 Å². The topological polar surface area (TPSA) is 57.6 Å². The van der Waals surface area contributed by atoms with Gasteiger partial charge in [0.25, 0.3) is 5.91 Å². The molecule has 2 aromatic carbocycles. The molecule has 0 aliphatic carbocycles. The molecular weight excluding hydrogens is 444 g/mol. The maximum atomic E-state index is 13.3. The third-order valence-electron chi connectivity index (χ3n) is 7.64. The van der Waals surface area contributed by atoms with Gasteiger partial charge in [-0.25, -0.2) is 0 Å². The molecule has 2 aliphatic heterocycles. The molecule has 1 aromatic heterocycles. The van der Waals surface area contributed by atoms with Crippen molar-refractivity contribution in [2.24, 2.45) is 16.3 Å². The number of hydrogen-bond acceptors (Lipinski definition) is 4. The number of para-hydroxylation sites is 1. The quantitative estimate of drug-likeness (QED) is 0.523. The van der Waals surface area contributed by atoms with Gasteiger partial charge >= 0.3 is 0 Å². The van der Waals surface area contributed by atoms with Crippen molar-refractivity contribution >= 4 is 23.0 Å². The van der Waals surface area contributed by atoms with Crippen LogP contribution >= 0.6 is 0 Å². The van der Waals surface area contributed by atoms with Gasteiger partial charge < -0.3 is 5.32 Å². The summed E-state index contributed by atoms with van der Waals surface area (Å²) in [5, 5.41) is 4.33. The van der Waals surface area contributed by atoms with E-state index in [1.54, 1.807) is 6.21 Å². The molecule has 1 atom stereocenters. The molecule has 1 unspecified atom stereocenters. The van der Waals surface area contributed by atoms with E-state index >= 15 is 0 Å². The average Bonchev–Trinajstić information content (AvgIpc) is 2.94. The first-order valence-electron chi connectivity index (χ1n) is 12.8. The number of nitrogens with zero attached hydrogens (tertiary/aromatic N) is 3. The number of aliphatic imine (C=N–C) groups is 1. The van der Waals surface area contributed by atoms with Gasteiger partial charge in [-0.05, 0) is 64.8 Å². The second-order valence-electron chi connectivity index (χ2n) is 10.6. The summed E-state index contributed by atoms with van der Waals surface area (Å²) >= 11 is 0. The van der Waals surface area contributed by atoms with E-state index in [9.17, 15) is 4.79 Å². The van der Waals surface area contributed by atoms with E-state index in [0.717, 1.165) is 54.9 Å². The molecule has 0 saturated heterocycles. The first-order chi connectivity index (χ1) is 17.4. The second-order valence-corrected chi connectivity index (χ2v) is 10.6. The van der Waals surface area contributed by atoms with Crippen molar-refractivity contribution in [3.63, 3.8) is 0 Å². The highest BCUT2D eigenvalue weighted by atomic mass is 16.1. The Balaban J connectivity index is 1.32. The minimum Gasteiger partial charge on any atom is -0.322 e. The van der Waals surface area contributed by atoms with Gasteiger partial charge in [-0.15, -0.1) is 0 Å². The molecule has 184 valence electrons. The fourth-order valence-corrected chi connectivity index (χ4v) is 4.96. The van der Waals surface area contributed by atoms with Gasteiger partial charge in [-0.2, -0.15) is 0 Å². The Hall–Kier alpha value is -3.57. The van der Waals surface area contributed by atoms with Gasteiger partial charge in [0.15, 0.2) is 0 Å². The Labute approximate surface area is 213 Å². The Morgan fingerprint density at radius 2 is 2.00 bits per heavy atom. The van der Waals surface area contributed by atoms with Crippen molar-refractivity contribution in [3.05, 3.63) is 101 Å². The summed E-state index contributed by atoms with van der Waals surface area (Å²) in [5.74, 6) is 0.289. The van der Waals surface area contributed by atoms with Crippen LogP contribution in [0.25, 0.3) is 10.9 Å². The number of fused-ring (bicyclic) bond motifs is 2. The van der Waals surface area contributed by atoms with Crippen LogP contribution in [0.4, 0.5) is 0 Å². The standard InChI is InChI=1S/C31H34N4O/c1-22-11-12-25(14-16-32-21-31(22,2)3)34-30(36)28-9-6-7-23-19-35(18-15-26(23)28)20-24-13-17-33-29-10-5-4-8-27(24)29/h4-14,16-17,22H,15,18-21H2,1-3H3,(H,34,36)/b12-11-,25-14+,32-16?. The molecule has 3 heterocycles. The third kappa shape index (κ3) is 5.17. The van der Waals surface area contributed by atoms with Gasteiger partial charge in [-0.1, -0.05) is 57.2 Å². The average molecular weight is 479 g/mol. The summed E-state index contributed by atoms with van der Waals surface area (Å²) in [4.78, 5) is 24.9. The summed E-state index contributed by atoms with van der Waals surface area (Å²) in [7, 11) is 0. The Kier molecular flexibility index (Phi) is 6.84. The molecule has 0 saturated carbocycles. The summed E-state index contributed by atoms with van der Waals surface area (Å²) in [5.41, 5.74) is 6.31. The predicted molar refractivity (Wildman–Crippen MR) is 147 cm³/mol. The number of rotatable bonds is 4. The number of carbonyl (C=O) groups is 1. The van der Waals surface area contributed by atoms with Crippen molar-refractivity contribution < 1.29 is 4.79 Å². The predicted octanol–water partition coefficient (Wildman–Crippen LogP) is 5.71. The molecule has 2 aliphatic rings. The summed E-state index contributed by atoms with van der Waals surface area (Å²) in [6, 6.07) is 16.5. The zero-order valence-electron chi connectivity index (χ0n) is 21.4. The summed E-state index contributed by atoms with van der Waals surface area (Å²) in [6.45, 7) is 10.0. The minimum atomic E-state index is -0.0594. The number of pyridine rings is 1. The lowest BCUT2D eigenvalue weighted by atomic mass is 9.80. The van der Waals surface area contributed by atoms with E-state index in [-0.39, 0.29) is 11.3 Å². The molecule has 5 rings (SSSR count). The molecule has 5 heteroatoms. The number of carbonyl (C=O) groups excluding carboxylic acids is 1. The van der Waals surface area contributed by atoms with Gasteiger partial charge in [0.05, 0.1) is 5.52 Å². The van der Waals surface area contributed by atoms with Crippen molar-refractivity contribution in [1.29, 1.82) is 0 Å². The highest BCUT2D eigenvalue weighted by Gasteiger charge is 2.25. The zero-order chi connectivity index (χ0) is 25.1. The van der Waals surface area contributed by atoms with E-state index in [1.807, 2.05) is 36.5 Å². The van der Waals surface area contributed by atoms with Crippen LogP contribution < -0.4 is 5.32 Å². The molecule has 0 bridgehead atoms. The van der Waals surface area contributed by atoms with E-state index in [4.69, 9.17) is 0 Å². The van der Waals surface area contributed by atoms with Gasteiger partial charge in [0, 0.05) is 55.2 Å². The highest BCUT2D eigenvalue weighted by molar-refractivity contribution is 5.97. The molecule has 0 spiro atoms. The zero-order valence-corrected chi connectivity index (χ0v) is 21.4. The molecule has 1 N–H and O–H groups in total. The van der Waals surface area contributed by atoms with Crippen LogP contribution in [-0.4, -0.2) is 35.1 Å². The van der Waals surface area contributed by atoms with Gasteiger partial charge in [0.1, 0.15) is 0 Å². The van der Waals surface area contributed by atoms with E-state index in [2.05, 4.69) is 77.4 Å². The lowest BCUT2D eigenvalue weighted by Gasteiger charge is -2.30. The number of aromatic nitrogens is 1. The SMILES string of the molecule is CC1/C=C\C(NC(=O)c2cccc3c2CCN(Cc2ccnc4ccccc24)C3)=C/C=NCC1(C)C. The minimum absolute atomic E-state index is 0.0594. The second kappa shape index (κ2) is 10.2.